The van der Waals surface area contributed by atoms with E-state index in [9.17, 15) is 10.2 Å². The van der Waals surface area contributed by atoms with Crippen molar-refractivity contribution < 1.29 is 10.2 Å². The van der Waals surface area contributed by atoms with Crippen LogP contribution in [0.4, 0.5) is 0 Å². The van der Waals surface area contributed by atoms with Crippen LogP contribution in [-0.4, -0.2) is 23.4 Å². The fourth-order valence-electron chi connectivity index (χ4n) is 3.49. The summed E-state index contributed by atoms with van der Waals surface area (Å²) < 4.78 is 0. The quantitative estimate of drug-likeness (QED) is 0.681. The molecule has 2 aliphatic carbocycles. The van der Waals surface area contributed by atoms with Crippen molar-refractivity contribution in [1.29, 1.82) is 0 Å². The third-order valence-corrected chi connectivity index (χ3v) is 4.23. The molecule has 0 amide bonds. The van der Waals surface area contributed by atoms with Gasteiger partial charge in [0.15, 0.2) is 0 Å². The fraction of sp³-hybridized carbons (Fsp3) is 1.00. The van der Waals surface area contributed by atoms with E-state index in [4.69, 9.17) is 0 Å². The van der Waals surface area contributed by atoms with E-state index in [1.807, 2.05) is 0 Å². The molecule has 0 radical (unpaired) electrons. The Bertz CT molecular complexity index is 169. The van der Waals surface area contributed by atoms with Crippen molar-refractivity contribution in [2.75, 3.05) is 13.2 Å². The molecule has 2 fully saturated rings. The lowest BCUT2D eigenvalue weighted by atomic mass is 9.68. The number of hydrogen-bond acceptors (Lipinski definition) is 2. The molecule has 2 saturated carbocycles. The zero-order valence-corrected chi connectivity index (χ0v) is 8.15. The predicted molar refractivity (Wildman–Crippen MR) is 51.2 cm³/mol. The van der Waals surface area contributed by atoms with Crippen LogP contribution in [0.5, 0.6) is 0 Å². The number of hydrogen-bond donors (Lipinski definition) is 2. The molecule has 2 rings (SSSR count). The van der Waals surface area contributed by atoms with Gasteiger partial charge in [0.2, 0.25) is 0 Å². The summed E-state index contributed by atoms with van der Waals surface area (Å²) in [6.07, 6.45) is 6.39. The number of aliphatic hydroxyl groups is 2. The maximum Gasteiger partial charge on any atom is 0.0465 e. The number of rotatable bonds is 2. The minimum atomic E-state index is 0.272. The van der Waals surface area contributed by atoms with Crippen molar-refractivity contribution >= 4 is 0 Å². The van der Waals surface area contributed by atoms with Crippen LogP contribution >= 0.6 is 0 Å². The molecule has 0 aromatic carbocycles. The minimum absolute atomic E-state index is 0.272. The molecule has 13 heavy (non-hydrogen) atoms. The first-order chi connectivity index (χ1) is 6.36. The lowest BCUT2D eigenvalue weighted by molar-refractivity contribution is 0.0254. The largest absolute Gasteiger partial charge is 0.396 e. The van der Waals surface area contributed by atoms with Crippen LogP contribution in [0.2, 0.25) is 0 Å². The Labute approximate surface area is 80.0 Å². The van der Waals surface area contributed by atoms with Crippen LogP contribution in [0.3, 0.4) is 0 Å². The van der Waals surface area contributed by atoms with Crippen molar-refractivity contribution in [2.45, 2.75) is 32.1 Å². The molecule has 2 nitrogen and oxygen atoms in total. The summed E-state index contributed by atoms with van der Waals surface area (Å²) in [6.45, 7) is 0.556. The van der Waals surface area contributed by atoms with Crippen molar-refractivity contribution in [3.05, 3.63) is 0 Å². The molecule has 4 atom stereocenters. The Morgan fingerprint density at radius 2 is 1.77 bits per heavy atom. The highest BCUT2D eigenvalue weighted by molar-refractivity contribution is 4.90. The molecule has 2 heteroatoms. The Hall–Kier alpha value is -0.0800. The van der Waals surface area contributed by atoms with Gasteiger partial charge in [0.25, 0.3) is 0 Å². The van der Waals surface area contributed by atoms with Gasteiger partial charge in [0.1, 0.15) is 0 Å². The second kappa shape index (κ2) is 3.97. The molecular formula is C11H20O2. The number of aliphatic hydroxyl groups excluding tert-OH is 2. The second-order valence-corrected chi connectivity index (χ2v) is 4.72. The molecule has 0 aromatic rings. The van der Waals surface area contributed by atoms with E-state index < -0.39 is 0 Å². The lowest BCUT2D eigenvalue weighted by Crippen LogP contribution is -2.35. The predicted octanol–water partition coefficient (Wildman–Crippen LogP) is 1.41. The van der Waals surface area contributed by atoms with Gasteiger partial charge < -0.3 is 10.2 Å². The van der Waals surface area contributed by atoms with Gasteiger partial charge in [-0.1, -0.05) is 12.8 Å². The van der Waals surface area contributed by atoms with E-state index in [2.05, 4.69) is 0 Å². The van der Waals surface area contributed by atoms with Crippen LogP contribution in [0.25, 0.3) is 0 Å². The third-order valence-electron chi connectivity index (χ3n) is 4.23. The summed E-state index contributed by atoms with van der Waals surface area (Å²) >= 11 is 0. The topological polar surface area (TPSA) is 40.5 Å². The molecule has 0 heterocycles. The Morgan fingerprint density at radius 1 is 0.923 bits per heavy atom. The molecule has 0 bridgehead atoms. The van der Waals surface area contributed by atoms with Gasteiger partial charge in [-0.05, 0) is 42.9 Å². The Morgan fingerprint density at radius 3 is 2.46 bits per heavy atom. The SMILES string of the molecule is OCC1CCC2CCCC2C1CO. The Kier molecular flexibility index (Phi) is 2.89. The molecule has 76 valence electrons. The van der Waals surface area contributed by atoms with E-state index >= 15 is 0 Å². The molecule has 2 N–H and O–H groups in total. The van der Waals surface area contributed by atoms with Gasteiger partial charge in [0.05, 0.1) is 0 Å². The molecular weight excluding hydrogens is 164 g/mol. The zero-order valence-electron chi connectivity index (χ0n) is 8.15. The third kappa shape index (κ3) is 1.62. The van der Waals surface area contributed by atoms with Gasteiger partial charge in [-0.3, -0.25) is 0 Å². The van der Waals surface area contributed by atoms with Crippen LogP contribution in [0.15, 0.2) is 0 Å². The fourth-order valence-corrected chi connectivity index (χ4v) is 3.49. The highest BCUT2D eigenvalue weighted by Gasteiger charge is 2.40. The summed E-state index contributed by atoms with van der Waals surface area (Å²) in [4.78, 5) is 0. The molecule has 0 spiro atoms. The average Bonchev–Trinajstić information content (AvgIpc) is 2.63. The minimum Gasteiger partial charge on any atom is -0.396 e. The van der Waals surface area contributed by atoms with Crippen LogP contribution in [0, 0.1) is 23.7 Å². The van der Waals surface area contributed by atoms with Crippen molar-refractivity contribution in [1.82, 2.24) is 0 Å². The highest BCUT2D eigenvalue weighted by Crippen LogP contribution is 2.47. The maximum absolute atomic E-state index is 9.33. The second-order valence-electron chi connectivity index (χ2n) is 4.72. The smallest absolute Gasteiger partial charge is 0.0465 e. The van der Waals surface area contributed by atoms with Gasteiger partial charge in [0, 0.05) is 13.2 Å². The van der Waals surface area contributed by atoms with Crippen molar-refractivity contribution in [3.63, 3.8) is 0 Å². The first kappa shape index (κ1) is 9.47. The van der Waals surface area contributed by atoms with E-state index in [1.165, 1.54) is 25.7 Å². The van der Waals surface area contributed by atoms with Gasteiger partial charge in [-0.25, -0.2) is 0 Å². The summed E-state index contributed by atoms with van der Waals surface area (Å²) in [7, 11) is 0. The Balaban J connectivity index is 2.05. The molecule has 4 unspecified atom stereocenters. The standard InChI is InChI=1S/C11H20O2/c12-6-9-5-4-8-2-1-3-10(8)11(9)7-13/h8-13H,1-7H2. The summed E-state index contributed by atoms with van der Waals surface area (Å²) in [5.41, 5.74) is 0. The highest BCUT2D eigenvalue weighted by atomic mass is 16.3. The van der Waals surface area contributed by atoms with Crippen LogP contribution < -0.4 is 0 Å². The summed E-state index contributed by atoms with van der Waals surface area (Å²) in [5.74, 6) is 2.35. The normalized spacial score (nSPS) is 44.8. The van der Waals surface area contributed by atoms with Crippen LogP contribution in [0.1, 0.15) is 32.1 Å². The molecule has 0 saturated heterocycles. The van der Waals surface area contributed by atoms with Crippen molar-refractivity contribution in [3.8, 4) is 0 Å². The maximum atomic E-state index is 9.33. The molecule has 2 aliphatic rings. The zero-order chi connectivity index (χ0) is 9.26. The van der Waals surface area contributed by atoms with E-state index in [0.29, 0.717) is 11.8 Å². The monoisotopic (exact) mass is 184 g/mol. The molecule has 0 aliphatic heterocycles. The lowest BCUT2D eigenvalue weighted by Gasteiger charge is -2.38. The van der Waals surface area contributed by atoms with E-state index in [1.54, 1.807) is 0 Å². The first-order valence-electron chi connectivity index (χ1n) is 5.58. The van der Waals surface area contributed by atoms with Crippen molar-refractivity contribution in [2.24, 2.45) is 23.7 Å². The number of fused-ring (bicyclic) bond motifs is 1. The van der Waals surface area contributed by atoms with E-state index in [0.717, 1.165) is 18.3 Å². The van der Waals surface area contributed by atoms with Gasteiger partial charge >= 0.3 is 0 Å². The first-order valence-corrected chi connectivity index (χ1v) is 5.58. The summed E-state index contributed by atoms with van der Waals surface area (Å²) in [6, 6.07) is 0. The summed E-state index contributed by atoms with van der Waals surface area (Å²) in [5, 5.41) is 18.5. The molecule has 0 aromatic heterocycles. The van der Waals surface area contributed by atoms with Crippen LogP contribution in [-0.2, 0) is 0 Å². The van der Waals surface area contributed by atoms with Gasteiger partial charge in [-0.2, -0.15) is 0 Å². The average molecular weight is 184 g/mol. The van der Waals surface area contributed by atoms with Gasteiger partial charge in [-0.15, -0.1) is 0 Å². The van der Waals surface area contributed by atoms with E-state index in [-0.39, 0.29) is 13.2 Å².